The van der Waals surface area contributed by atoms with E-state index in [1.54, 1.807) is 12.1 Å². The highest BCUT2D eigenvalue weighted by molar-refractivity contribution is 6.39. The first-order valence-corrected chi connectivity index (χ1v) is 10.4. The number of anilines is 1. The first kappa shape index (κ1) is 24.0. The van der Waals surface area contributed by atoms with Crippen LogP contribution in [0.2, 0.25) is 5.02 Å². The number of amides is 4. The second kappa shape index (κ2) is 9.64. The van der Waals surface area contributed by atoms with Gasteiger partial charge < -0.3 is 4.74 Å². The summed E-state index contributed by atoms with van der Waals surface area (Å²) >= 11 is 5.86. The largest absolute Gasteiger partial charge is 0.449 e. The van der Waals surface area contributed by atoms with Crippen molar-refractivity contribution in [2.75, 3.05) is 4.90 Å². The number of carbonyl (C=O) groups is 3. The molecule has 0 aromatic heterocycles. The Kier molecular flexibility index (Phi) is 6.44. The van der Waals surface area contributed by atoms with Crippen molar-refractivity contribution in [2.24, 2.45) is 0 Å². The van der Waals surface area contributed by atoms with Crippen molar-refractivity contribution in [3.05, 3.63) is 103 Å². The number of nitro groups is 2. The van der Waals surface area contributed by atoms with E-state index in [0.29, 0.717) is 5.02 Å². The third-order valence-corrected chi connectivity index (χ3v) is 5.23. The van der Waals surface area contributed by atoms with Crippen molar-refractivity contribution in [2.45, 2.75) is 0 Å². The molecule has 4 amide bonds. The van der Waals surface area contributed by atoms with E-state index in [1.807, 2.05) is 0 Å². The van der Waals surface area contributed by atoms with E-state index in [9.17, 15) is 34.6 Å². The Labute approximate surface area is 206 Å². The zero-order valence-corrected chi connectivity index (χ0v) is 18.7. The number of para-hydroxylation sites is 1. The number of nitrogens with zero attached hydrogens (tertiary/aromatic N) is 3. The van der Waals surface area contributed by atoms with E-state index >= 15 is 0 Å². The molecular formula is C23H13ClN4O8. The zero-order chi connectivity index (χ0) is 26.0. The van der Waals surface area contributed by atoms with Gasteiger partial charge in [0.15, 0.2) is 0 Å². The zero-order valence-electron chi connectivity index (χ0n) is 17.9. The van der Waals surface area contributed by atoms with Gasteiger partial charge in [0, 0.05) is 16.7 Å². The summed E-state index contributed by atoms with van der Waals surface area (Å²) in [6, 6.07) is 13.7. The van der Waals surface area contributed by atoms with Crippen molar-refractivity contribution in [3.8, 4) is 11.5 Å². The van der Waals surface area contributed by atoms with Crippen LogP contribution < -0.4 is 15.0 Å². The molecule has 180 valence electrons. The number of urea groups is 1. The molecule has 36 heavy (non-hydrogen) atoms. The lowest BCUT2D eigenvalue weighted by Gasteiger charge is -2.26. The number of hydrogen-bond acceptors (Lipinski definition) is 8. The molecule has 0 aliphatic carbocycles. The van der Waals surface area contributed by atoms with E-state index in [0.717, 1.165) is 23.1 Å². The maximum atomic E-state index is 13.1. The van der Waals surface area contributed by atoms with Gasteiger partial charge in [-0.1, -0.05) is 29.8 Å². The van der Waals surface area contributed by atoms with Crippen LogP contribution in [0, 0.1) is 20.2 Å². The van der Waals surface area contributed by atoms with Gasteiger partial charge in [0.05, 0.1) is 21.6 Å². The number of benzene rings is 3. The van der Waals surface area contributed by atoms with Crippen molar-refractivity contribution in [1.29, 1.82) is 0 Å². The van der Waals surface area contributed by atoms with Gasteiger partial charge in [-0.3, -0.25) is 35.1 Å². The number of rotatable bonds is 6. The Morgan fingerprint density at radius 3 is 2.25 bits per heavy atom. The van der Waals surface area contributed by atoms with Gasteiger partial charge in [-0.15, -0.1) is 0 Å². The summed E-state index contributed by atoms with van der Waals surface area (Å²) in [4.78, 5) is 59.5. The SMILES string of the molecule is O=C1NC(=O)N(c2ccc(Cl)cc2)C(=O)/C1=C/c1ccccc1Oc1ccc([N+](=O)[O-])cc1[N+](=O)[O-]. The molecule has 0 saturated carbocycles. The van der Waals surface area contributed by atoms with Gasteiger partial charge in [0.25, 0.3) is 17.5 Å². The molecule has 1 aliphatic heterocycles. The third-order valence-electron chi connectivity index (χ3n) is 4.98. The normalized spacial score (nSPS) is 14.5. The highest BCUT2D eigenvalue weighted by Gasteiger charge is 2.37. The number of hydrogen-bond donors (Lipinski definition) is 1. The van der Waals surface area contributed by atoms with Crippen LogP contribution in [0.1, 0.15) is 5.56 Å². The predicted octanol–water partition coefficient (Wildman–Crippen LogP) is 4.62. The lowest BCUT2D eigenvalue weighted by Crippen LogP contribution is -2.54. The fraction of sp³-hybridized carbons (Fsp3) is 0. The number of barbiturate groups is 1. The minimum Gasteiger partial charge on any atom is -0.449 e. The van der Waals surface area contributed by atoms with Gasteiger partial charge >= 0.3 is 11.7 Å². The standard InChI is InChI=1S/C23H13ClN4O8/c24-14-5-7-15(8-6-14)26-22(30)17(21(29)25-23(26)31)11-13-3-1-2-4-19(13)36-20-10-9-16(27(32)33)12-18(20)28(34)35/h1-12H,(H,25,29,31)/b17-11+. The lowest BCUT2D eigenvalue weighted by atomic mass is 10.1. The summed E-state index contributed by atoms with van der Waals surface area (Å²) in [7, 11) is 0. The number of ether oxygens (including phenoxy) is 1. The molecule has 3 aromatic carbocycles. The van der Waals surface area contributed by atoms with Crippen LogP contribution >= 0.6 is 11.6 Å². The van der Waals surface area contributed by atoms with Crippen molar-refractivity contribution >= 4 is 52.6 Å². The first-order valence-electron chi connectivity index (χ1n) is 10.0. The molecule has 0 spiro atoms. The van der Waals surface area contributed by atoms with Crippen molar-refractivity contribution in [1.82, 2.24) is 5.32 Å². The number of nitrogens with one attached hydrogen (secondary N) is 1. The molecule has 4 rings (SSSR count). The van der Waals surface area contributed by atoms with Crippen LogP contribution in [0.5, 0.6) is 11.5 Å². The molecule has 12 nitrogen and oxygen atoms in total. The van der Waals surface area contributed by atoms with E-state index in [2.05, 4.69) is 5.32 Å². The molecule has 1 N–H and O–H groups in total. The average Bonchev–Trinajstić information content (AvgIpc) is 2.83. The number of non-ortho nitro benzene ring substituents is 1. The number of halogens is 1. The third kappa shape index (κ3) is 4.74. The maximum Gasteiger partial charge on any atom is 0.335 e. The summed E-state index contributed by atoms with van der Waals surface area (Å²) in [5, 5.41) is 24.9. The fourth-order valence-corrected chi connectivity index (χ4v) is 3.42. The second-order valence-electron chi connectivity index (χ2n) is 7.24. The smallest absolute Gasteiger partial charge is 0.335 e. The number of nitro benzene ring substituents is 2. The number of carbonyl (C=O) groups excluding carboxylic acids is 3. The van der Waals surface area contributed by atoms with Gasteiger partial charge in [-0.05, 0) is 42.5 Å². The van der Waals surface area contributed by atoms with Gasteiger partial charge in [0.1, 0.15) is 11.3 Å². The Morgan fingerprint density at radius 1 is 0.889 bits per heavy atom. The minimum atomic E-state index is -0.952. The molecule has 1 fully saturated rings. The Hall–Kier alpha value is -5.10. The van der Waals surface area contributed by atoms with Crippen LogP contribution in [0.25, 0.3) is 6.08 Å². The van der Waals surface area contributed by atoms with E-state index in [1.165, 1.54) is 42.5 Å². The summed E-state index contributed by atoms with van der Waals surface area (Å²) in [6.07, 6.45) is 1.17. The maximum absolute atomic E-state index is 13.1. The summed E-state index contributed by atoms with van der Waals surface area (Å²) < 4.78 is 5.65. The highest BCUT2D eigenvalue weighted by Crippen LogP contribution is 2.36. The summed E-state index contributed by atoms with van der Waals surface area (Å²) in [5.74, 6) is -2.15. The summed E-state index contributed by atoms with van der Waals surface area (Å²) in [6.45, 7) is 0. The summed E-state index contributed by atoms with van der Waals surface area (Å²) in [5.41, 5.74) is -1.21. The Bertz CT molecular complexity index is 1470. The van der Waals surface area contributed by atoms with Gasteiger partial charge in [-0.25, -0.2) is 9.69 Å². The predicted molar refractivity (Wildman–Crippen MR) is 127 cm³/mol. The van der Waals surface area contributed by atoms with Crippen LogP contribution in [-0.2, 0) is 9.59 Å². The highest BCUT2D eigenvalue weighted by atomic mass is 35.5. The quantitative estimate of drug-likeness (QED) is 0.218. The monoisotopic (exact) mass is 508 g/mol. The van der Waals surface area contributed by atoms with Crippen LogP contribution in [0.15, 0.2) is 72.3 Å². The van der Waals surface area contributed by atoms with Gasteiger partial charge in [0.2, 0.25) is 5.75 Å². The topological polar surface area (TPSA) is 162 Å². The van der Waals surface area contributed by atoms with Crippen LogP contribution in [0.4, 0.5) is 21.9 Å². The molecule has 0 atom stereocenters. The van der Waals surface area contributed by atoms with Crippen molar-refractivity contribution < 1.29 is 29.0 Å². The molecule has 3 aromatic rings. The molecule has 1 saturated heterocycles. The van der Waals surface area contributed by atoms with Crippen molar-refractivity contribution in [3.63, 3.8) is 0 Å². The lowest BCUT2D eigenvalue weighted by molar-refractivity contribution is -0.394. The number of imide groups is 2. The average molecular weight is 509 g/mol. The van der Waals surface area contributed by atoms with E-state index in [-0.39, 0.29) is 22.7 Å². The molecule has 13 heteroatoms. The fourth-order valence-electron chi connectivity index (χ4n) is 3.30. The Balaban J connectivity index is 1.73. The first-order chi connectivity index (χ1) is 17.2. The van der Waals surface area contributed by atoms with Gasteiger partial charge in [-0.2, -0.15) is 0 Å². The van der Waals surface area contributed by atoms with E-state index < -0.39 is 44.6 Å². The second-order valence-corrected chi connectivity index (χ2v) is 7.68. The molecular weight excluding hydrogens is 496 g/mol. The molecule has 1 heterocycles. The molecule has 0 radical (unpaired) electrons. The Morgan fingerprint density at radius 2 is 1.58 bits per heavy atom. The molecule has 1 aliphatic rings. The molecule has 0 bridgehead atoms. The molecule has 0 unspecified atom stereocenters. The van der Waals surface area contributed by atoms with Crippen LogP contribution in [0.3, 0.4) is 0 Å². The minimum absolute atomic E-state index is 0.0116. The van der Waals surface area contributed by atoms with E-state index in [4.69, 9.17) is 16.3 Å². The van der Waals surface area contributed by atoms with Crippen LogP contribution in [-0.4, -0.2) is 27.7 Å².